The van der Waals surface area contributed by atoms with Crippen molar-refractivity contribution in [2.45, 2.75) is 19.4 Å². The van der Waals surface area contributed by atoms with Crippen LogP contribution >= 0.6 is 0 Å². The van der Waals surface area contributed by atoms with Gasteiger partial charge < -0.3 is 20.7 Å². The molecule has 1 aromatic rings. The lowest BCUT2D eigenvalue weighted by Gasteiger charge is -2.19. The molecular weight excluding hydrogens is 230 g/mol. The van der Waals surface area contributed by atoms with Crippen LogP contribution in [0.4, 0.5) is 10.5 Å². The molecule has 0 radical (unpaired) electrons. The number of urea groups is 1. The Balaban J connectivity index is 2.52. The molecule has 0 aliphatic rings. The Morgan fingerprint density at radius 1 is 1.56 bits per heavy atom. The van der Waals surface area contributed by atoms with Gasteiger partial charge in [0.2, 0.25) is 0 Å². The van der Waals surface area contributed by atoms with Crippen LogP contribution in [0, 0.1) is 0 Å². The fourth-order valence-electron chi connectivity index (χ4n) is 1.42. The van der Waals surface area contributed by atoms with Crippen LogP contribution in [-0.2, 0) is 0 Å². The summed E-state index contributed by atoms with van der Waals surface area (Å²) in [5.74, 6) is 0.714. The predicted octanol–water partition coefficient (Wildman–Crippen LogP) is 1.90. The zero-order chi connectivity index (χ0) is 13.5. The van der Waals surface area contributed by atoms with Gasteiger partial charge in [-0.2, -0.15) is 0 Å². The Kier molecular flexibility index (Phi) is 5.45. The lowest BCUT2D eigenvalue weighted by molar-refractivity contribution is 0.221. The molecule has 1 unspecified atom stereocenters. The maximum atomic E-state index is 11.9. The van der Waals surface area contributed by atoms with Crippen LogP contribution < -0.4 is 15.8 Å². The fourth-order valence-corrected chi connectivity index (χ4v) is 1.42. The van der Waals surface area contributed by atoms with Gasteiger partial charge in [-0.15, -0.1) is 0 Å². The molecule has 0 aliphatic heterocycles. The molecule has 0 fully saturated rings. The number of nitrogens with one attached hydrogen (secondary N) is 1. The number of carbonyl (C=O) groups is 1. The van der Waals surface area contributed by atoms with Gasteiger partial charge in [0, 0.05) is 31.4 Å². The standard InChI is InChI=1S/C13H21N3O2/c1-10(14)7-8-16(2)13(17)15-11-5-4-6-12(9-11)18-3/h4-6,9-10H,7-8,14H2,1-3H3,(H,15,17). The Morgan fingerprint density at radius 3 is 2.89 bits per heavy atom. The van der Waals surface area contributed by atoms with E-state index in [1.54, 1.807) is 25.1 Å². The van der Waals surface area contributed by atoms with Crippen LogP contribution in [0.5, 0.6) is 5.75 Å². The molecule has 3 N–H and O–H groups in total. The number of anilines is 1. The van der Waals surface area contributed by atoms with Crippen LogP contribution in [0.25, 0.3) is 0 Å². The van der Waals surface area contributed by atoms with E-state index in [0.717, 1.165) is 6.42 Å². The number of rotatable bonds is 5. The normalized spacial score (nSPS) is 11.8. The molecule has 0 heterocycles. The molecule has 5 nitrogen and oxygen atoms in total. The highest BCUT2D eigenvalue weighted by Gasteiger charge is 2.09. The van der Waals surface area contributed by atoms with E-state index < -0.39 is 0 Å². The monoisotopic (exact) mass is 251 g/mol. The van der Waals surface area contributed by atoms with E-state index in [1.807, 2.05) is 25.1 Å². The third kappa shape index (κ3) is 4.63. The molecule has 1 atom stereocenters. The third-order valence-electron chi connectivity index (χ3n) is 2.59. The van der Waals surface area contributed by atoms with Crippen molar-refractivity contribution in [2.75, 3.05) is 26.0 Å². The molecule has 0 bridgehead atoms. The second-order valence-corrected chi connectivity index (χ2v) is 4.35. The van der Waals surface area contributed by atoms with E-state index in [4.69, 9.17) is 10.5 Å². The van der Waals surface area contributed by atoms with Gasteiger partial charge in [-0.05, 0) is 25.5 Å². The van der Waals surface area contributed by atoms with Gasteiger partial charge in [0.15, 0.2) is 0 Å². The molecule has 0 saturated carbocycles. The largest absolute Gasteiger partial charge is 0.497 e. The van der Waals surface area contributed by atoms with E-state index in [1.165, 1.54) is 0 Å². The summed E-state index contributed by atoms with van der Waals surface area (Å²) >= 11 is 0. The summed E-state index contributed by atoms with van der Waals surface area (Å²) in [6, 6.07) is 7.20. The molecule has 0 aromatic heterocycles. The summed E-state index contributed by atoms with van der Waals surface area (Å²) < 4.78 is 5.09. The first kappa shape index (κ1) is 14.3. The minimum Gasteiger partial charge on any atom is -0.497 e. The summed E-state index contributed by atoms with van der Waals surface area (Å²) in [6.45, 7) is 2.56. The van der Waals surface area contributed by atoms with E-state index in [0.29, 0.717) is 18.0 Å². The Bertz CT molecular complexity index is 394. The first-order valence-corrected chi connectivity index (χ1v) is 5.94. The highest BCUT2D eigenvalue weighted by atomic mass is 16.5. The molecule has 1 aromatic carbocycles. The number of carbonyl (C=O) groups excluding carboxylic acids is 1. The van der Waals surface area contributed by atoms with Crippen LogP contribution in [0.1, 0.15) is 13.3 Å². The lowest BCUT2D eigenvalue weighted by Crippen LogP contribution is -2.34. The van der Waals surface area contributed by atoms with E-state index in [-0.39, 0.29) is 12.1 Å². The second kappa shape index (κ2) is 6.86. The van der Waals surface area contributed by atoms with Crippen molar-refractivity contribution >= 4 is 11.7 Å². The number of hydrogen-bond donors (Lipinski definition) is 2. The zero-order valence-corrected chi connectivity index (χ0v) is 11.1. The highest BCUT2D eigenvalue weighted by molar-refractivity contribution is 5.89. The average molecular weight is 251 g/mol. The Hall–Kier alpha value is -1.75. The van der Waals surface area contributed by atoms with E-state index >= 15 is 0 Å². The van der Waals surface area contributed by atoms with Crippen LogP contribution in [-0.4, -0.2) is 37.7 Å². The first-order chi connectivity index (χ1) is 8.52. The summed E-state index contributed by atoms with van der Waals surface area (Å²) in [7, 11) is 3.34. The molecule has 0 aliphatic carbocycles. The predicted molar refractivity (Wildman–Crippen MR) is 72.9 cm³/mol. The molecule has 2 amide bonds. The third-order valence-corrected chi connectivity index (χ3v) is 2.59. The quantitative estimate of drug-likeness (QED) is 0.839. The van der Waals surface area contributed by atoms with Crippen molar-refractivity contribution in [3.8, 4) is 5.75 Å². The van der Waals surface area contributed by atoms with Gasteiger partial charge >= 0.3 is 6.03 Å². The van der Waals surface area contributed by atoms with Crippen molar-refractivity contribution in [1.82, 2.24) is 4.90 Å². The van der Waals surface area contributed by atoms with Gasteiger partial charge in [0.1, 0.15) is 5.75 Å². The average Bonchev–Trinajstić information content (AvgIpc) is 2.36. The molecule has 0 spiro atoms. The number of nitrogens with two attached hydrogens (primary N) is 1. The molecule has 1 rings (SSSR count). The number of nitrogens with zero attached hydrogens (tertiary/aromatic N) is 1. The number of methoxy groups -OCH3 is 1. The minimum absolute atomic E-state index is 0.0945. The van der Waals surface area contributed by atoms with Crippen molar-refractivity contribution in [3.63, 3.8) is 0 Å². The fraction of sp³-hybridized carbons (Fsp3) is 0.462. The molecule has 0 saturated heterocycles. The van der Waals surface area contributed by atoms with E-state index in [2.05, 4.69) is 5.32 Å². The summed E-state index contributed by atoms with van der Waals surface area (Å²) in [5, 5.41) is 2.81. The maximum absolute atomic E-state index is 11.9. The summed E-state index contributed by atoms with van der Waals surface area (Å²) in [6.07, 6.45) is 0.780. The summed E-state index contributed by atoms with van der Waals surface area (Å²) in [5.41, 5.74) is 6.37. The van der Waals surface area contributed by atoms with Gasteiger partial charge in [-0.3, -0.25) is 0 Å². The Morgan fingerprint density at radius 2 is 2.28 bits per heavy atom. The Labute approximate surface area is 108 Å². The SMILES string of the molecule is COc1cccc(NC(=O)N(C)CCC(C)N)c1. The second-order valence-electron chi connectivity index (χ2n) is 4.35. The zero-order valence-electron chi connectivity index (χ0n) is 11.1. The van der Waals surface area contributed by atoms with Crippen molar-refractivity contribution in [2.24, 2.45) is 5.73 Å². The topological polar surface area (TPSA) is 67.6 Å². The number of hydrogen-bond acceptors (Lipinski definition) is 3. The van der Waals surface area contributed by atoms with Crippen LogP contribution in [0.2, 0.25) is 0 Å². The lowest BCUT2D eigenvalue weighted by atomic mass is 10.2. The van der Waals surface area contributed by atoms with Gasteiger partial charge in [-0.1, -0.05) is 6.07 Å². The maximum Gasteiger partial charge on any atom is 0.321 e. The smallest absolute Gasteiger partial charge is 0.321 e. The van der Waals surface area contributed by atoms with Crippen molar-refractivity contribution in [3.05, 3.63) is 24.3 Å². The first-order valence-electron chi connectivity index (χ1n) is 5.94. The van der Waals surface area contributed by atoms with Crippen LogP contribution in [0.3, 0.4) is 0 Å². The van der Waals surface area contributed by atoms with Crippen molar-refractivity contribution in [1.29, 1.82) is 0 Å². The molecule has 5 heteroatoms. The summed E-state index contributed by atoms with van der Waals surface area (Å²) in [4.78, 5) is 13.5. The van der Waals surface area contributed by atoms with Gasteiger partial charge in [0.05, 0.1) is 7.11 Å². The highest BCUT2D eigenvalue weighted by Crippen LogP contribution is 2.16. The van der Waals surface area contributed by atoms with Gasteiger partial charge in [-0.25, -0.2) is 4.79 Å². The van der Waals surface area contributed by atoms with Crippen LogP contribution in [0.15, 0.2) is 24.3 Å². The van der Waals surface area contributed by atoms with E-state index in [9.17, 15) is 4.79 Å². The molecule has 18 heavy (non-hydrogen) atoms. The molecular formula is C13H21N3O2. The minimum atomic E-state index is -0.149. The number of ether oxygens (including phenoxy) is 1. The number of benzene rings is 1. The molecule has 100 valence electrons. The van der Waals surface area contributed by atoms with Crippen molar-refractivity contribution < 1.29 is 9.53 Å². The number of amides is 2. The van der Waals surface area contributed by atoms with Gasteiger partial charge in [0.25, 0.3) is 0 Å².